The van der Waals surface area contributed by atoms with Gasteiger partial charge in [-0.1, -0.05) is 38.1 Å². The van der Waals surface area contributed by atoms with Gasteiger partial charge in [-0.2, -0.15) is 13.2 Å². The minimum atomic E-state index is -4.93. The van der Waals surface area contributed by atoms with Gasteiger partial charge in [0.15, 0.2) is 0 Å². The normalized spacial score (nSPS) is 14.3. The molecule has 3 nitrogen and oxygen atoms in total. The molecule has 8 heteroatoms. The van der Waals surface area contributed by atoms with Crippen LogP contribution in [0.25, 0.3) is 0 Å². The van der Waals surface area contributed by atoms with Crippen LogP contribution in [-0.2, 0) is 5.41 Å². The fourth-order valence-electron chi connectivity index (χ4n) is 2.60. The molecule has 0 saturated carbocycles. The Hall–Kier alpha value is -1.99. The van der Waals surface area contributed by atoms with E-state index in [1.807, 2.05) is 26.0 Å². The lowest BCUT2D eigenvalue weighted by atomic mass is 9.78. The summed E-state index contributed by atoms with van der Waals surface area (Å²) >= 11 is 5.53. The second-order valence-corrected chi connectivity index (χ2v) is 7.42. The fraction of sp³-hybridized carbons (Fsp3) is 0.429. The van der Waals surface area contributed by atoms with E-state index in [4.69, 9.17) is 21.1 Å². The van der Waals surface area contributed by atoms with Crippen molar-refractivity contribution in [3.05, 3.63) is 59.7 Å². The van der Waals surface area contributed by atoms with Crippen molar-refractivity contribution in [2.45, 2.75) is 37.7 Å². The van der Waals surface area contributed by atoms with Crippen LogP contribution in [0.15, 0.2) is 48.5 Å². The Bertz CT molecular complexity index is 761. The molecule has 160 valence electrons. The molecule has 0 aliphatic heterocycles. The topological polar surface area (TPSA) is 38.7 Å². The Balaban J connectivity index is 2.03. The number of hydrogen-bond donors (Lipinski definition) is 1. The Kier molecular flexibility index (Phi) is 7.77. The van der Waals surface area contributed by atoms with Gasteiger partial charge in [-0.05, 0) is 35.4 Å². The van der Waals surface area contributed by atoms with Crippen LogP contribution >= 0.6 is 11.6 Å². The van der Waals surface area contributed by atoms with E-state index >= 15 is 0 Å². The van der Waals surface area contributed by atoms with Gasteiger partial charge in [0, 0.05) is 5.41 Å². The van der Waals surface area contributed by atoms with Crippen molar-refractivity contribution >= 4 is 11.6 Å². The quantitative estimate of drug-likeness (QED) is 0.431. The van der Waals surface area contributed by atoms with E-state index in [-0.39, 0.29) is 18.2 Å². The molecule has 0 radical (unpaired) electrons. The van der Waals surface area contributed by atoms with Gasteiger partial charge in [0.25, 0.3) is 0 Å². The third kappa shape index (κ3) is 6.51. The second kappa shape index (κ2) is 9.67. The standard InChI is InChI=1S/C21H23ClF4O3/c1-20(2,14-3-7-17(8-4-14)28-12-16(27)11-22)15-5-9-18(10-6-15)29-13-19(23)21(24,25)26/h3-10,16,19,27H,11-13H2,1-2H3/t16-,19+/m0/s1. The van der Waals surface area contributed by atoms with Crippen LogP contribution in [0.3, 0.4) is 0 Å². The summed E-state index contributed by atoms with van der Waals surface area (Å²) in [5.74, 6) is 0.855. The average molecular weight is 435 g/mol. The average Bonchev–Trinajstić information content (AvgIpc) is 2.70. The largest absolute Gasteiger partial charge is 0.491 e. The Morgan fingerprint density at radius 2 is 1.28 bits per heavy atom. The summed E-state index contributed by atoms with van der Waals surface area (Å²) in [4.78, 5) is 0. The van der Waals surface area contributed by atoms with Gasteiger partial charge >= 0.3 is 6.18 Å². The molecule has 29 heavy (non-hydrogen) atoms. The van der Waals surface area contributed by atoms with Gasteiger partial charge < -0.3 is 14.6 Å². The molecular formula is C21H23ClF4O3. The number of hydrogen-bond acceptors (Lipinski definition) is 3. The van der Waals surface area contributed by atoms with E-state index in [9.17, 15) is 22.7 Å². The van der Waals surface area contributed by atoms with Crippen LogP contribution in [0, 0.1) is 0 Å². The Morgan fingerprint density at radius 3 is 1.66 bits per heavy atom. The van der Waals surface area contributed by atoms with E-state index in [0.717, 1.165) is 11.1 Å². The van der Waals surface area contributed by atoms with Gasteiger partial charge in [-0.15, -0.1) is 11.6 Å². The van der Waals surface area contributed by atoms with Gasteiger partial charge in [-0.25, -0.2) is 4.39 Å². The first-order valence-corrected chi connectivity index (χ1v) is 9.49. The maximum atomic E-state index is 13.0. The van der Waals surface area contributed by atoms with Crippen LogP contribution in [0.5, 0.6) is 11.5 Å². The fourth-order valence-corrected chi connectivity index (χ4v) is 2.69. The molecule has 0 unspecified atom stereocenters. The molecule has 0 saturated heterocycles. The number of rotatable bonds is 9. The van der Waals surface area contributed by atoms with Crippen LogP contribution in [0.1, 0.15) is 25.0 Å². The molecule has 2 atom stereocenters. The third-order valence-corrected chi connectivity index (χ3v) is 4.88. The highest BCUT2D eigenvalue weighted by atomic mass is 35.5. The zero-order valence-electron chi connectivity index (χ0n) is 16.0. The molecule has 2 rings (SSSR count). The summed E-state index contributed by atoms with van der Waals surface area (Å²) in [6.07, 6.45) is -8.69. The van der Waals surface area contributed by atoms with Crippen molar-refractivity contribution in [3.63, 3.8) is 0 Å². The molecule has 0 spiro atoms. The molecule has 0 heterocycles. The number of aliphatic hydroxyl groups is 1. The molecule has 0 amide bonds. The maximum absolute atomic E-state index is 13.0. The highest BCUT2D eigenvalue weighted by Gasteiger charge is 2.40. The molecule has 0 fully saturated rings. The van der Waals surface area contributed by atoms with Crippen molar-refractivity contribution < 1.29 is 32.1 Å². The second-order valence-electron chi connectivity index (χ2n) is 7.11. The molecule has 1 N–H and O–H groups in total. The summed E-state index contributed by atoms with van der Waals surface area (Å²) in [5.41, 5.74) is 1.49. The maximum Gasteiger partial charge on any atom is 0.423 e. The van der Waals surface area contributed by atoms with E-state index in [1.165, 1.54) is 12.1 Å². The van der Waals surface area contributed by atoms with Gasteiger partial charge in [0.05, 0.1) is 5.88 Å². The predicted molar refractivity (Wildman–Crippen MR) is 104 cm³/mol. The molecule has 0 aliphatic carbocycles. The lowest BCUT2D eigenvalue weighted by Gasteiger charge is -2.26. The van der Waals surface area contributed by atoms with Crippen molar-refractivity contribution in [2.24, 2.45) is 0 Å². The highest BCUT2D eigenvalue weighted by molar-refractivity contribution is 6.18. The van der Waals surface area contributed by atoms with Gasteiger partial charge in [0.1, 0.15) is 30.8 Å². The predicted octanol–water partition coefficient (Wildman–Crippen LogP) is 5.27. The highest BCUT2D eigenvalue weighted by Crippen LogP contribution is 2.33. The first-order valence-electron chi connectivity index (χ1n) is 8.95. The minimum absolute atomic E-state index is 0.0903. The molecule has 2 aromatic carbocycles. The number of halogens is 5. The lowest BCUT2D eigenvalue weighted by molar-refractivity contribution is -0.187. The monoisotopic (exact) mass is 434 g/mol. The zero-order valence-corrected chi connectivity index (χ0v) is 16.8. The van der Waals surface area contributed by atoms with E-state index < -0.39 is 30.5 Å². The molecule has 0 aromatic heterocycles. The van der Waals surface area contributed by atoms with Gasteiger partial charge in [0.2, 0.25) is 6.17 Å². The van der Waals surface area contributed by atoms with Crippen LogP contribution in [-0.4, -0.2) is 42.7 Å². The number of ether oxygens (including phenoxy) is 2. The smallest absolute Gasteiger partial charge is 0.423 e. The molecule has 0 aliphatic rings. The SMILES string of the molecule is CC(C)(c1ccc(OC[C@@H](O)CCl)cc1)c1ccc(OC[C@@H](F)C(F)(F)F)cc1. The minimum Gasteiger partial charge on any atom is -0.491 e. The Labute approximate surface area is 172 Å². The number of benzene rings is 2. The molecular weight excluding hydrogens is 412 g/mol. The number of alkyl halides is 5. The summed E-state index contributed by atoms with van der Waals surface area (Å²) in [7, 11) is 0. The van der Waals surface area contributed by atoms with Crippen LogP contribution < -0.4 is 9.47 Å². The van der Waals surface area contributed by atoms with Crippen molar-refractivity contribution in [1.82, 2.24) is 0 Å². The van der Waals surface area contributed by atoms with Gasteiger partial charge in [-0.3, -0.25) is 0 Å². The first kappa shape index (κ1) is 23.3. The Morgan fingerprint density at radius 1 is 0.862 bits per heavy atom. The van der Waals surface area contributed by atoms with Crippen molar-refractivity contribution in [2.75, 3.05) is 19.1 Å². The summed E-state index contributed by atoms with van der Waals surface area (Å²) in [6, 6.07) is 13.9. The molecule has 0 bridgehead atoms. The van der Waals surface area contributed by atoms with Crippen LogP contribution in [0.2, 0.25) is 0 Å². The van der Waals surface area contributed by atoms with E-state index in [0.29, 0.717) is 5.75 Å². The van der Waals surface area contributed by atoms with Crippen molar-refractivity contribution in [1.29, 1.82) is 0 Å². The van der Waals surface area contributed by atoms with Crippen molar-refractivity contribution in [3.8, 4) is 11.5 Å². The third-order valence-electron chi connectivity index (χ3n) is 4.52. The van der Waals surface area contributed by atoms with Crippen LogP contribution in [0.4, 0.5) is 17.6 Å². The molecule has 2 aromatic rings. The number of aliphatic hydroxyl groups excluding tert-OH is 1. The van der Waals surface area contributed by atoms with E-state index in [1.54, 1.807) is 24.3 Å². The first-order chi connectivity index (χ1) is 13.5. The summed E-state index contributed by atoms with van der Waals surface area (Å²) < 4.78 is 59.9. The van der Waals surface area contributed by atoms with E-state index in [2.05, 4.69) is 0 Å². The summed E-state index contributed by atoms with van der Waals surface area (Å²) in [6.45, 7) is 3.02. The zero-order chi connectivity index (χ0) is 21.7. The lowest BCUT2D eigenvalue weighted by Crippen LogP contribution is -2.30. The summed E-state index contributed by atoms with van der Waals surface area (Å²) in [5, 5.41) is 9.44.